The number of rotatable bonds is 5. The minimum absolute atomic E-state index is 0.00757. The van der Waals surface area contributed by atoms with Crippen molar-refractivity contribution < 1.29 is 17.9 Å². The normalized spacial score (nSPS) is 14.9. The SMILES string of the molecule is COc1ccc(S(=O)(=O)N2CCn3nc(C(=O)NC(C)C)cc3C2)cc1. The van der Waals surface area contributed by atoms with Crippen molar-refractivity contribution in [3.8, 4) is 5.75 Å². The summed E-state index contributed by atoms with van der Waals surface area (Å²) in [4.78, 5) is 12.3. The lowest BCUT2D eigenvalue weighted by Crippen LogP contribution is -2.38. The average molecular weight is 378 g/mol. The van der Waals surface area contributed by atoms with E-state index in [4.69, 9.17) is 4.74 Å². The Morgan fingerprint density at radius 3 is 2.54 bits per heavy atom. The Labute approximate surface area is 152 Å². The minimum atomic E-state index is -3.62. The predicted molar refractivity (Wildman–Crippen MR) is 95.4 cm³/mol. The van der Waals surface area contributed by atoms with Crippen LogP contribution in [0.25, 0.3) is 0 Å². The molecule has 1 aromatic heterocycles. The Morgan fingerprint density at radius 2 is 1.92 bits per heavy atom. The lowest BCUT2D eigenvalue weighted by atomic mass is 10.3. The van der Waals surface area contributed by atoms with Gasteiger partial charge in [-0.15, -0.1) is 0 Å². The summed E-state index contributed by atoms with van der Waals surface area (Å²) in [6, 6.07) is 7.95. The van der Waals surface area contributed by atoms with E-state index in [-0.39, 0.29) is 23.4 Å². The van der Waals surface area contributed by atoms with Crippen LogP contribution in [0.15, 0.2) is 35.2 Å². The van der Waals surface area contributed by atoms with Gasteiger partial charge < -0.3 is 10.1 Å². The largest absolute Gasteiger partial charge is 0.497 e. The summed E-state index contributed by atoms with van der Waals surface area (Å²) in [5.74, 6) is 0.341. The van der Waals surface area contributed by atoms with Crippen molar-refractivity contribution in [2.75, 3.05) is 13.7 Å². The van der Waals surface area contributed by atoms with Crippen LogP contribution in [0, 0.1) is 0 Å². The van der Waals surface area contributed by atoms with Gasteiger partial charge in [0.25, 0.3) is 5.91 Å². The molecule has 0 unspecified atom stereocenters. The third-order valence-electron chi connectivity index (χ3n) is 4.11. The van der Waals surface area contributed by atoms with Crippen LogP contribution >= 0.6 is 0 Å². The van der Waals surface area contributed by atoms with Crippen molar-refractivity contribution in [1.82, 2.24) is 19.4 Å². The molecule has 0 saturated carbocycles. The summed E-state index contributed by atoms with van der Waals surface area (Å²) in [7, 11) is -2.09. The van der Waals surface area contributed by atoms with E-state index in [0.717, 1.165) is 0 Å². The zero-order valence-electron chi connectivity index (χ0n) is 15.0. The Kier molecular flexibility index (Phi) is 5.01. The minimum Gasteiger partial charge on any atom is -0.497 e. The molecule has 0 spiro atoms. The molecule has 0 fully saturated rings. The van der Waals surface area contributed by atoms with Crippen LogP contribution < -0.4 is 10.1 Å². The number of carbonyl (C=O) groups is 1. The van der Waals surface area contributed by atoms with Crippen LogP contribution in [0.3, 0.4) is 0 Å². The number of hydrogen-bond acceptors (Lipinski definition) is 5. The molecule has 140 valence electrons. The topological polar surface area (TPSA) is 93.5 Å². The van der Waals surface area contributed by atoms with Crippen molar-refractivity contribution in [1.29, 1.82) is 0 Å². The zero-order valence-corrected chi connectivity index (χ0v) is 15.8. The quantitative estimate of drug-likeness (QED) is 0.845. The summed E-state index contributed by atoms with van der Waals surface area (Å²) in [5, 5.41) is 7.07. The third kappa shape index (κ3) is 3.58. The highest BCUT2D eigenvalue weighted by molar-refractivity contribution is 7.89. The summed E-state index contributed by atoms with van der Waals surface area (Å²) in [5.41, 5.74) is 1.000. The molecule has 1 aromatic carbocycles. The van der Waals surface area contributed by atoms with Gasteiger partial charge in [0, 0.05) is 12.6 Å². The predicted octanol–water partition coefficient (Wildman–Crippen LogP) is 1.23. The first-order valence-electron chi connectivity index (χ1n) is 8.33. The zero-order chi connectivity index (χ0) is 18.9. The molecule has 2 heterocycles. The molecule has 0 atom stereocenters. The van der Waals surface area contributed by atoms with Gasteiger partial charge >= 0.3 is 0 Å². The van der Waals surface area contributed by atoms with Crippen molar-refractivity contribution in [3.05, 3.63) is 41.7 Å². The monoisotopic (exact) mass is 378 g/mol. The fraction of sp³-hybridized carbons (Fsp3) is 0.412. The standard InChI is InChI=1S/C17H22N4O4S/c1-12(2)18-17(22)16-10-13-11-20(8-9-21(13)19-16)26(23,24)15-6-4-14(25-3)5-7-15/h4-7,10,12H,8-9,11H2,1-3H3,(H,18,22). The van der Waals surface area contributed by atoms with Crippen LogP contribution in [0.5, 0.6) is 5.75 Å². The van der Waals surface area contributed by atoms with Crippen molar-refractivity contribution in [3.63, 3.8) is 0 Å². The van der Waals surface area contributed by atoms with E-state index in [1.165, 1.54) is 23.5 Å². The number of nitrogens with zero attached hydrogens (tertiary/aromatic N) is 3. The first-order valence-corrected chi connectivity index (χ1v) is 9.77. The summed E-state index contributed by atoms with van der Waals surface area (Å²) in [6.45, 7) is 4.62. The molecule has 8 nitrogen and oxygen atoms in total. The third-order valence-corrected chi connectivity index (χ3v) is 5.97. The van der Waals surface area contributed by atoms with Crippen LogP contribution in [0.1, 0.15) is 30.0 Å². The van der Waals surface area contributed by atoms with Crippen LogP contribution in [-0.4, -0.2) is 48.1 Å². The van der Waals surface area contributed by atoms with Crippen molar-refractivity contribution in [2.45, 2.75) is 37.9 Å². The fourth-order valence-electron chi connectivity index (χ4n) is 2.79. The fourth-order valence-corrected chi connectivity index (χ4v) is 4.19. The van der Waals surface area contributed by atoms with Crippen LogP contribution in [0.2, 0.25) is 0 Å². The molecule has 26 heavy (non-hydrogen) atoms. The smallest absolute Gasteiger partial charge is 0.271 e. The molecule has 1 aliphatic heterocycles. The van der Waals surface area contributed by atoms with E-state index in [0.29, 0.717) is 30.2 Å². The molecular weight excluding hydrogens is 356 g/mol. The van der Waals surface area contributed by atoms with E-state index in [9.17, 15) is 13.2 Å². The molecule has 0 bridgehead atoms. The van der Waals surface area contributed by atoms with E-state index in [1.807, 2.05) is 13.8 Å². The van der Waals surface area contributed by atoms with Crippen molar-refractivity contribution in [2.24, 2.45) is 0 Å². The molecule has 3 rings (SSSR count). The van der Waals surface area contributed by atoms with Gasteiger partial charge in [0.15, 0.2) is 5.69 Å². The molecule has 0 radical (unpaired) electrons. The molecule has 1 N–H and O–H groups in total. The first kappa shape index (κ1) is 18.4. The molecule has 9 heteroatoms. The number of amides is 1. The van der Waals surface area contributed by atoms with Gasteiger partial charge in [-0.1, -0.05) is 0 Å². The second-order valence-electron chi connectivity index (χ2n) is 6.39. The molecule has 2 aromatic rings. The molecule has 0 saturated heterocycles. The van der Waals surface area contributed by atoms with E-state index in [1.54, 1.807) is 22.9 Å². The maximum atomic E-state index is 12.9. The number of benzene rings is 1. The maximum Gasteiger partial charge on any atom is 0.271 e. The van der Waals surface area contributed by atoms with Crippen LogP contribution in [0.4, 0.5) is 0 Å². The molecule has 0 aliphatic carbocycles. The number of fused-ring (bicyclic) bond motifs is 1. The van der Waals surface area contributed by atoms with E-state index < -0.39 is 10.0 Å². The molecular formula is C17H22N4O4S. The van der Waals surface area contributed by atoms with Gasteiger partial charge in [0.1, 0.15) is 5.75 Å². The molecule has 1 amide bonds. The van der Waals surface area contributed by atoms with E-state index >= 15 is 0 Å². The number of aromatic nitrogens is 2. The van der Waals surface area contributed by atoms with Crippen molar-refractivity contribution >= 4 is 15.9 Å². The molecule has 1 aliphatic rings. The number of sulfonamides is 1. The lowest BCUT2D eigenvalue weighted by Gasteiger charge is -2.26. The second kappa shape index (κ2) is 7.08. The summed E-state index contributed by atoms with van der Waals surface area (Å²) >= 11 is 0. The van der Waals surface area contributed by atoms with Gasteiger partial charge in [-0.05, 0) is 44.2 Å². The lowest BCUT2D eigenvalue weighted by molar-refractivity contribution is 0.0937. The van der Waals surface area contributed by atoms with Gasteiger partial charge in [-0.2, -0.15) is 9.40 Å². The average Bonchev–Trinajstić information content (AvgIpc) is 3.04. The van der Waals surface area contributed by atoms with Gasteiger partial charge in [0.05, 0.1) is 30.8 Å². The number of methoxy groups -OCH3 is 1. The Hall–Kier alpha value is -2.39. The number of nitrogens with one attached hydrogen (secondary N) is 1. The maximum absolute atomic E-state index is 12.9. The highest BCUT2D eigenvalue weighted by Crippen LogP contribution is 2.23. The number of carbonyl (C=O) groups excluding carboxylic acids is 1. The highest BCUT2D eigenvalue weighted by Gasteiger charge is 2.30. The number of ether oxygens (including phenoxy) is 1. The number of hydrogen-bond donors (Lipinski definition) is 1. The summed E-state index contributed by atoms with van der Waals surface area (Å²) < 4.78 is 33.9. The Balaban J connectivity index is 1.80. The Bertz CT molecular complexity index is 903. The second-order valence-corrected chi connectivity index (χ2v) is 8.32. The van der Waals surface area contributed by atoms with E-state index in [2.05, 4.69) is 10.4 Å². The summed E-state index contributed by atoms with van der Waals surface area (Å²) in [6.07, 6.45) is 0. The van der Waals surface area contributed by atoms with Gasteiger partial charge in [-0.3, -0.25) is 9.48 Å². The highest BCUT2D eigenvalue weighted by atomic mass is 32.2. The van der Waals surface area contributed by atoms with Crippen LogP contribution in [-0.2, 0) is 23.1 Å². The van der Waals surface area contributed by atoms with Gasteiger partial charge in [-0.25, -0.2) is 8.42 Å². The van der Waals surface area contributed by atoms with Gasteiger partial charge in [0.2, 0.25) is 10.0 Å². The Morgan fingerprint density at radius 1 is 1.23 bits per heavy atom. The first-order chi connectivity index (χ1) is 12.3.